The van der Waals surface area contributed by atoms with Crippen molar-refractivity contribution < 1.29 is 22.8 Å². The smallest absolute Gasteiger partial charge is 0.340 e. The molecular weight excluding hydrogens is 401 g/mol. The van der Waals surface area contributed by atoms with Gasteiger partial charge < -0.3 is 10.2 Å². The lowest BCUT2D eigenvalue weighted by Gasteiger charge is -2.26. The molecule has 0 saturated carbocycles. The second kappa shape index (κ2) is 10.3. The minimum absolute atomic E-state index is 0.00820. The number of nitrogens with one attached hydrogen (secondary N) is 1. The molecule has 2 amide bonds. The Bertz CT molecular complexity index is 828. The van der Waals surface area contributed by atoms with Crippen molar-refractivity contribution in [3.8, 4) is 0 Å². The van der Waals surface area contributed by atoms with Crippen molar-refractivity contribution in [3.63, 3.8) is 0 Å². The van der Waals surface area contributed by atoms with Gasteiger partial charge in [0.15, 0.2) is 0 Å². The zero-order valence-electron chi connectivity index (χ0n) is 16.2. The summed E-state index contributed by atoms with van der Waals surface area (Å²) in [5, 5.41) is 2.71. The van der Waals surface area contributed by atoms with Gasteiger partial charge in [-0.2, -0.15) is 24.9 Å². The van der Waals surface area contributed by atoms with Crippen LogP contribution in [0.5, 0.6) is 0 Å². The van der Waals surface area contributed by atoms with Gasteiger partial charge in [-0.3, -0.25) is 9.59 Å². The zero-order chi connectivity index (χ0) is 21.4. The molecule has 2 aromatic carbocycles. The highest BCUT2D eigenvalue weighted by atomic mass is 32.2. The molecule has 0 spiro atoms. The molecule has 29 heavy (non-hydrogen) atoms. The minimum atomic E-state index is -4.50. The van der Waals surface area contributed by atoms with Crippen LogP contribution in [0.15, 0.2) is 54.6 Å². The van der Waals surface area contributed by atoms with Gasteiger partial charge in [-0.1, -0.05) is 36.4 Å². The lowest BCUT2D eigenvalue weighted by molar-refractivity contribution is -0.139. The van der Waals surface area contributed by atoms with E-state index in [1.807, 2.05) is 6.26 Å². The molecule has 0 heterocycles. The van der Waals surface area contributed by atoms with Crippen LogP contribution >= 0.6 is 11.8 Å². The quantitative estimate of drug-likeness (QED) is 0.691. The summed E-state index contributed by atoms with van der Waals surface area (Å²) in [5.41, 5.74) is -0.345. The lowest BCUT2D eigenvalue weighted by Crippen LogP contribution is -2.47. The zero-order valence-corrected chi connectivity index (χ0v) is 17.0. The third-order valence-corrected chi connectivity index (χ3v) is 5.00. The van der Waals surface area contributed by atoms with Gasteiger partial charge in [0, 0.05) is 19.2 Å². The van der Waals surface area contributed by atoms with Crippen LogP contribution in [0.4, 0.5) is 13.2 Å². The summed E-state index contributed by atoms with van der Waals surface area (Å²) in [6.45, 7) is -0.203. The number of benzene rings is 2. The van der Waals surface area contributed by atoms with E-state index in [1.54, 1.807) is 30.3 Å². The van der Waals surface area contributed by atoms with E-state index in [9.17, 15) is 22.8 Å². The number of amides is 2. The Morgan fingerprint density at radius 1 is 1.07 bits per heavy atom. The highest BCUT2D eigenvalue weighted by molar-refractivity contribution is 7.98. The summed E-state index contributed by atoms with van der Waals surface area (Å²) in [6.07, 6.45) is -2.24. The Hall–Kier alpha value is -2.48. The largest absolute Gasteiger partial charge is 0.416 e. The second-order valence-corrected chi connectivity index (χ2v) is 7.51. The van der Waals surface area contributed by atoms with Crippen molar-refractivity contribution >= 4 is 23.6 Å². The molecule has 2 rings (SSSR count). The summed E-state index contributed by atoms with van der Waals surface area (Å²) >= 11 is 1.52. The number of thioether (sulfide) groups is 1. The fraction of sp³-hybridized carbons (Fsp3) is 0.333. The summed E-state index contributed by atoms with van der Waals surface area (Å²) in [4.78, 5) is 26.6. The van der Waals surface area contributed by atoms with Crippen LogP contribution in [0.3, 0.4) is 0 Å². The topological polar surface area (TPSA) is 49.4 Å². The molecule has 0 aromatic heterocycles. The van der Waals surface area contributed by atoms with E-state index in [0.29, 0.717) is 17.7 Å². The molecule has 2 aromatic rings. The monoisotopic (exact) mass is 424 g/mol. The van der Waals surface area contributed by atoms with E-state index < -0.39 is 29.6 Å². The van der Waals surface area contributed by atoms with Gasteiger partial charge in [0.25, 0.3) is 5.91 Å². The number of halogens is 3. The predicted octanol–water partition coefficient (Wildman–Crippen LogP) is 4.22. The Balaban J connectivity index is 2.15. The van der Waals surface area contributed by atoms with E-state index in [4.69, 9.17) is 0 Å². The summed E-state index contributed by atoms with van der Waals surface area (Å²) in [5.74, 6) is -0.201. The summed E-state index contributed by atoms with van der Waals surface area (Å²) in [7, 11) is 1.44. The van der Waals surface area contributed by atoms with Gasteiger partial charge in [0.05, 0.1) is 5.56 Å². The van der Waals surface area contributed by atoms with E-state index in [-0.39, 0.29) is 12.1 Å². The van der Waals surface area contributed by atoms with Crippen LogP contribution in [0.25, 0.3) is 0 Å². The van der Waals surface area contributed by atoms with Crippen molar-refractivity contribution in [1.29, 1.82) is 0 Å². The Labute approximate surface area is 172 Å². The summed E-state index contributed by atoms with van der Waals surface area (Å²) < 4.78 is 39.7. The standard InChI is InChI=1S/C21H23F3N2O2S/c1-26(14-16-10-6-7-11-17(16)21(22,23)24)20(28)18(12-13-29-2)25-19(27)15-8-4-3-5-9-15/h3-11,18H,12-14H2,1-2H3,(H,25,27). The number of hydrogen-bond acceptors (Lipinski definition) is 3. The van der Waals surface area contributed by atoms with Gasteiger partial charge in [-0.15, -0.1) is 0 Å². The molecule has 0 aliphatic heterocycles. The summed E-state index contributed by atoms with van der Waals surface area (Å²) in [6, 6.07) is 12.8. The average Bonchev–Trinajstić information content (AvgIpc) is 2.70. The van der Waals surface area contributed by atoms with E-state index in [2.05, 4.69) is 5.32 Å². The molecule has 8 heteroatoms. The average molecular weight is 424 g/mol. The first-order valence-electron chi connectivity index (χ1n) is 8.99. The number of hydrogen-bond donors (Lipinski definition) is 1. The van der Waals surface area contributed by atoms with E-state index >= 15 is 0 Å². The Morgan fingerprint density at radius 3 is 2.31 bits per heavy atom. The minimum Gasteiger partial charge on any atom is -0.340 e. The number of rotatable bonds is 8. The molecule has 4 nitrogen and oxygen atoms in total. The first kappa shape index (κ1) is 22.8. The van der Waals surface area contributed by atoms with Crippen molar-refractivity contribution in [1.82, 2.24) is 10.2 Å². The maximum Gasteiger partial charge on any atom is 0.416 e. The van der Waals surface area contributed by atoms with Crippen molar-refractivity contribution in [3.05, 3.63) is 71.3 Å². The van der Waals surface area contributed by atoms with Crippen molar-refractivity contribution in [2.45, 2.75) is 25.2 Å². The molecule has 0 radical (unpaired) electrons. The van der Waals surface area contributed by atoms with Crippen molar-refractivity contribution in [2.75, 3.05) is 19.1 Å². The van der Waals surface area contributed by atoms with Crippen LogP contribution in [0, 0.1) is 0 Å². The highest BCUT2D eigenvalue weighted by Crippen LogP contribution is 2.32. The predicted molar refractivity (Wildman–Crippen MR) is 109 cm³/mol. The molecule has 1 unspecified atom stereocenters. The molecule has 1 atom stereocenters. The maximum atomic E-state index is 13.2. The normalized spacial score (nSPS) is 12.3. The Kier molecular flexibility index (Phi) is 8.13. The van der Waals surface area contributed by atoms with E-state index in [1.165, 1.54) is 41.9 Å². The highest BCUT2D eigenvalue weighted by Gasteiger charge is 2.34. The third kappa shape index (κ3) is 6.52. The molecule has 156 valence electrons. The number of carbonyl (C=O) groups is 2. The second-order valence-electron chi connectivity index (χ2n) is 6.52. The molecule has 0 aliphatic rings. The van der Waals surface area contributed by atoms with Gasteiger partial charge in [-0.25, -0.2) is 0 Å². The molecule has 0 aliphatic carbocycles. The van der Waals surface area contributed by atoms with Gasteiger partial charge in [-0.05, 0) is 42.2 Å². The van der Waals surface area contributed by atoms with Crippen LogP contribution in [-0.4, -0.2) is 41.8 Å². The number of carbonyl (C=O) groups excluding carboxylic acids is 2. The third-order valence-electron chi connectivity index (χ3n) is 4.36. The van der Waals surface area contributed by atoms with Crippen LogP contribution in [0.2, 0.25) is 0 Å². The van der Waals surface area contributed by atoms with Gasteiger partial charge >= 0.3 is 6.18 Å². The van der Waals surface area contributed by atoms with Gasteiger partial charge in [0.2, 0.25) is 5.91 Å². The van der Waals surface area contributed by atoms with Crippen molar-refractivity contribution in [2.24, 2.45) is 0 Å². The lowest BCUT2D eigenvalue weighted by atomic mass is 10.1. The number of nitrogens with zero attached hydrogens (tertiary/aromatic N) is 1. The SMILES string of the molecule is CSCCC(NC(=O)c1ccccc1)C(=O)N(C)Cc1ccccc1C(F)(F)F. The first-order chi connectivity index (χ1) is 13.7. The maximum absolute atomic E-state index is 13.2. The van der Waals surface area contributed by atoms with Crippen LogP contribution < -0.4 is 5.32 Å². The molecule has 1 N–H and O–H groups in total. The van der Waals surface area contributed by atoms with Crippen LogP contribution in [-0.2, 0) is 17.5 Å². The molecular formula is C21H23F3N2O2S. The van der Waals surface area contributed by atoms with Crippen LogP contribution in [0.1, 0.15) is 27.9 Å². The molecule has 0 bridgehead atoms. The van der Waals surface area contributed by atoms with E-state index in [0.717, 1.165) is 6.07 Å². The number of alkyl halides is 3. The fourth-order valence-corrected chi connectivity index (χ4v) is 3.33. The van der Waals surface area contributed by atoms with Gasteiger partial charge in [0.1, 0.15) is 6.04 Å². The molecule has 0 fully saturated rings. The fourth-order valence-electron chi connectivity index (χ4n) is 2.86. The Morgan fingerprint density at radius 2 is 1.69 bits per heavy atom. The number of likely N-dealkylation sites (N-methyl/N-ethyl adjacent to an activating group) is 1. The first-order valence-corrected chi connectivity index (χ1v) is 10.4. The molecule has 0 saturated heterocycles.